The van der Waals surface area contributed by atoms with E-state index in [-0.39, 0.29) is 5.91 Å². The Morgan fingerprint density at radius 2 is 1.75 bits per heavy atom. The molecule has 0 aliphatic carbocycles. The van der Waals surface area contributed by atoms with Gasteiger partial charge >= 0.3 is 0 Å². The number of ether oxygens (including phenoxy) is 2. The van der Waals surface area contributed by atoms with Crippen molar-refractivity contribution in [2.45, 2.75) is 5.25 Å². The van der Waals surface area contributed by atoms with Crippen molar-refractivity contribution in [3.63, 3.8) is 0 Å². The number of hydrogen-bond acceptors (Lipinski definition) is 4. The zero-order chi connectivity index (χ0) is 16.9. The molecule has 1 aliphatic heterocycles. The summed E-state index contributed by atoms with van der Waals surface area (Å²) in [5.74, 6) is 2.22. The zero-order valence-corrected chi connectivity index (χ0v) is 14.7. The van der Waals surface area contributed by atoms with Crippen LogP contribution < -0.4 is 9.47 Å². The van der Waals surface area contributed by atoms with Crippen LogP contribution in [-0.4, -0.2) is 43.9 Å². The molecule has 1 unspecified atom stereocenters. The van der Waals surface area contributed by atoms with Crippen molar-refractivity contribution < 1.29 is 14.3 Å². The molecular formula is C19H21NO3S. The van der Waals surface area contributed by atoms with Gasteiger partial charge in [-0.05, 0) is 17.7 Å². The van der Waals surface area contributed by atoms with E-state index < -0.39 is 0 Å². The Hall–Kier alpha value is -2.14. The van der Waals surface area contributed by atoms with E-state index in [1.165, 1.54) is 5.56 Å². The molecule has 1 amide bonds. The fourth-order valence-corrected chi connectivity index (χ4v) is 4.06. The van der Waals surface area contributed by atoms with Crippen molar-refractivity contribution >= 4 is 17.7 Å². The Balaban J connectivity index is 1.79. The Labute approximate surface area is 146 Å². The van der Waals surface area contributed by atoms with Gasteiger partial charge in [-0.15, -0.1) is 0 Å². The molecule has 3 rings (SSSR count). The number of rotatable bonds is 4. The van der Waals surface area contributed by atoms with E-state index >= 15 is 0 Å². The minimum atomic E-state index is 0.0217. The summed E-state index contributed by atoms with van der Waals surface area (Å²) in [6, 6.07) is 15.7. The lowest BCUT2D eigenvalue weighted by Gasteiger charge is -2.32. The van der Waals surface area contributed by atoms with Gasteiger partial charge in [0.2, 0.25) is 0 Å². The molecule has 126 valence electrons. The number of nitrogens with zero attached hydrogens (tertiary/aromatic N) is 1. The number of hydrogen-bond donors (Lipinski definition) is 0. The van der Waals surface area contributed by atoms with Crippen LogP contribution in [0, 0.1) is 0 Å². The van der Waals surface area contributed by atoms with Crippen molar-refractivity contribution in [1.82, 2.24) is 4.90 Å². The molecule has 0 N–H and O–H groups in total. The lowest BCUT2D eigenvalue weighted by molar-refractivity contribution is 0.0760. The SMILES string of the molecule is COc1cc(OC)cc(C(=O)N2CCSC(c3ccccc3)C2)c1. The first-order valence-corrected chi connectivity index (χ1v) is 8.95. The fraction of sp³-hybridized carbons (Fsp3) is 0.316. The van der Waals surface area contributed by atoms with Gasteiger partial charge < -0.3 is 14.4 Å². The largest absolute Gasteiger partial charge is 0.497 e. The van der Waals surface area contributed by atoms with Crippen LogP contribution in [0.15, 0.2) is 48.5 Å². The minimum absolute atomic E-state index is 0.0217. The molecule has 0 radical (unpaired) electrons. The monoisotopic (exact) mass is 343 g/mol. The first-order chi connectivity index (χ1) is 11.7. The second-order valence-electron chi connectivity index (χ2n) is 5.62. The summed E-state index contributed by atoms with van der Waals surface area (Å²) in [4.78, 5) is 14.8. The van der Waals surface area contributed by atoms with Crippen molar-refractivity contribution in [2.75, 3.05) is 33.1 Å². The Morgan fingerprint density at radius 3 is 2.38 bits per heavy atom. The maximum Gasteiger partial charge on any atom is 0.254 e. The van der Waals surface area contributed by atoms with Crippen LogP contribution in [0.4, 0.5) is 0 Å². The van der Waals surface area contributed by atoms with E-state index in [0.717, 1.165) is 12.3 Å². The summed E-state index contributed by atoms with van der Waals surface area (Å²) in [6.07, 6.45) is 0. The second-order valence-corrected chi connectivity index (χ2v) is 6.93. The van der Waals surface area contributed by atoms with Crippen LogP contribution in [0.3, 0.4) is 0 Å². The molecule has 0 saturated carbocycles. The normalized spacial score (nSPS) is 17.4. The molecule has 0 spiro atoms. The predicted molar refractivity (Wildman–Crippen MR) is 97.1 cm³/mol. The standard InChI is InChI=1S/C19H21NO3S/c1-22-16-10-15(11-17(12-16)23-2)19(21)20-8-9-24-18(13-20)14-6-4-3-5-7-14/h3-7,10-12,18H,8-9,13H2,1-2H3. The molecule has 2 aromatic rings. The first-order valence-electron chi connectivity index (χ1n) is 7.90. The van der Waals surface area contributed by atoms with Gasteiger partial charge in [0.15, 0.2) is 0 Å². The molecule has 0 bridgehead atoms. The highest BCUT2D eigenvalue weighted by Gasteiger charge is 2.26. The van der Waals surface area contributed by atoms with Gasteiger partial charge in [0.05, 0.1) is 14.2 Å². The summed E-state index contributed by atoms with van der Waals surface area (Å²) in [5.41, 5.74) is 1.87. The third-order valence-electron chi connectivity index (χ3n) is 4.12. The van der Waals surface area contributed by atoms with E-state index in [1.54, 1.807) is 32.4 Å². The van der Waals surface area contributed by atoms with Crippen LogP contribution >= 0.6 is 11.8 Å². The van der Waals surface area contributed by atoms with Gasteiger partial charge in [0, 0.05) is 35.7 Å². The van der Waals surface area contributed by atoms with Gasteiger partial charge in [-0.2, -0.15) is 11.8 Å². The predicted octanol–water partition coefficient (Wildman–Crippen LogP) is 3.63. The number of amides is 1. The Bertz CT molecular complexity index is 683. The molecule has 2 aromatic carbocycles. The molecule has 1 fully saturated rings. The number of carbonyl (C=O) groups is 1. The molecule has 1 atom stereocenters. The Kier molecular flexibility index (Phi) is 5.30. The topological polar surface area (TPSA) is 38.8 Å². The summed E-state index contributed by atoms with van der Waals surface area (Å²) in [5, 5.41) is 0.316. The van der Waals surface area contributed by atoms with Crippen LogP contribution in [0.2, 0.25) is 0 Å². The number of benzene rings is 2. The van der Waals surface area contributed by atoms with E-state index in [9.17, 15) is 4.79 Å². The summed E-state index contributed by atoms with van der Waals surface area (Å²) in [6.45, 7) is 1.47. The highest BCUT2D eigenvalue weighted by atomic mass is 32.2. The summed E-state index contributed by atoms with van der Waals surface area (Å²) >= 11 is 1.90. The molecule has 1 saturated heterocycles. The van der Waals surface area contributed by atoms with Crippen LogP contribution in [-0.2, 0) is 0 Å². The molecule has 24 heavy (non-hydrogen) atoms. The van der Waals surface area contributed by atoms with Gasteiger partial charge in [0.1, 0.15) is 11.5 Å². The molecule has 4 nitrogen and oxygen atoms in total. The quantitative estimate of drug-likeness (QED) is 0.850. The van der Waals surface area contributed by atoms with Crippen LogP contribution in [0.25, 0.3) is 0 Å². The van der Waals surface area contributed by atoms with Crippen molar-refractivity contribution in [3.05, 3.63) is 59.7 Å². The number of carbonyl (C=O) groups excluding carboxylic acids is 1. The zero-order valence-electron chi connectivity index (χ0n) is 13.9. The third kappa shape index (κ3) is 3.67. The van der Waals surface area contributed by atoms with E-state index in [2.05, 4.69) is 12.1 Å². The van der Waals surface area contributed by atoms with Crippen molar-refractivity contribution in [3.8, 4) is 11.5 Å². The van der Waals surface area contributed by atoms with E-state index in [1.807, 2.05) is 34.9 Å². The van der Waals surface area contributed by atoms with Gasteiger partial charge in [-0.1, -0.05) is 30.3 Å². The highest BCUT2D eigenvalue weighted by Crippen LogP contribution is 2.34. The molecule has 1 heterocycles. The van der Waals surface area contributed by atoms with Gasteiger partial charge in [0.25, 0.3) is 5.91 Å². The molecule has 5 heteroatoms. The molecule has 0 aromatic heterocycles. The second kappa shape index (κ2) is 7.62. The average molecular weight is 343 g/mol. The summed E-state index contributed by atoms with van der Waals surface area (Å²) < 4.78 is 10.5. The van der Waals surface area contributed by atoms with Crippen LogP contribution in [0.5, 0.6) is 11.5 Å². The summed E-state index contributed by atoms with van der Waals surface area (Å²) in [7, 11) is 3.18. The number of thioether (sulfide) groups is 1. The third-order valence-corrected chi connectivity index (χ3v) is 5.37. The van der Waals surface area contributed by atoms with Crippen molar-refractivity contribution in [1.29, 1.82) is 0 Å². The highest BCUT2D eigenvalue weighted by molar-refractivity contribution is 7.99. The molecule has 1 aliphatic rings. The maximum atomic E-state index is 12.9. The van der Waals surface area contributed by atoms with Gasteiger partial charge in [-0.3, -0.25) is 4.79 Å². The first kappa shape index (κ1) is 16.7. The maximum absolute atomic E-state index is 12.9. The van der Waals surface area contributed by atoms with E-state index in [4.69, 9.17) is 9.47 Å². The van der Waals surface area contributed by atoms with Gasteiger partial charge in [-0.25, -0.2) is 0 Å². The van der Waals surface area contributed by atoms with Crippen molar-refractivity contribution in [2.24, 2.45) is 0 Å². The van der Waals surface area contributed by atoms with Crippen LogP contribution in [0.1, 0.15) is 21.2 Å². The smallest absolute Gasteiger partial charge is 0.254 e. The lowest BCUT2D eigenvalue weighted by Crippen LogP contribution is -2.39. The lowest BCUT2D eigenvalue weighted by atomic mass is 10.1. The molecular weight excluding hydrogens is 322 g/mol. The number of methoxy groups -OCH3 is 2. The minimum Gasteiger partial charge on any atom is -0.497 e. The fourth-order valence-electron chi connectivity index (χ4n) is 2.82. The van der Waals surface area contributed by atoms with E-state index in [0.29, 0.717) is 28.9 Å². The Morgan fingerprint density at radius 1 is 1.08 bits per heavy atom. The average Bonchev–Trinajstić information content (AvgIpc) is 2.67.